The molecule has 0 saturated heterocycles. The number of oxazole rings is 1. The number of ether oxygens (including phenoxy) is 1. The molecule has 6 heteroatoms. The zero-order chi connectivity index (χ0) is 14.5. The lowest BCUT2D eigenvalue weighted by atomic mass is 10.2. The fourth-order valence-electron chi connectivity index (χ4n) is 1.56. The molecule has 2 aromatic rings. The average Bonchev–Trinajstić information content (AvgIpc) is 2.82. The highest BCUT2D eigenvalue weighted by Gasteiger charge is 2.11. The third kappa shape index (κ3) is 4.13. The molecule has 0 aliphatic carbocycles. The van der Waals surface area contributed by atoms with E-state index >= 15 is 0 Å². The number of rotatable bonds is 6. The van der Waals surface area contributed by atoms with Crippen LogP contribution in [-0.4, -0.2) is 11.5 Å². The van der Waals surface area contributed by atoms with Gasteiger partial charge in [-0.25, -0.2) is 0 Å². The summed E-state index contributed by atoms with van der Waals surface area (Å²) in [7, 11) is 0. The fraction of sp³-hybridized carbons (Fsp3) is 0.357. The van der Waals surface area contributed by atoms with Gasteiger partial charge >= 0.3 is 6.08 Å². The van der Waals surface area contributed by atoms with Crippen LogP contribution in [0.5, 0.6) is 11.8 Å². The van der Waals surface area contributed by atoms with E-state index in [1.54, 1.807) is 24.5 Å². The second-order valence-corrected chi connectivity index (χ2v) is 5.57. The monoisotopic (exact) mass is 314 g/mol. The van der Waals surface area contributed by atoms with Crippen molar-refractivity contribution >= 4 is 23.2 Å². The van der Waals surface area contributed by atoms with Gasteiger partial charge < -0.3 is 14.5 Å². The van der Waals surface area contributed by atoms with Crippen molar-refractivity contribution in [1.82, 2.24) is 10.3 Å². The second-order valence-electron chi connectivity index (χ2n) is 4.78. The number of nitrogens with zero attached hydrogens (tertiary/aromatic N) is 1. The van der Waals surface area contributed by atoms with Gasteiger partial charge in [-0.15, -0.1) is 0 Å². The summed E-state index contributed by atoms with van der Waals surface area (Å²) in [5, 5.41) is 4.04. The smallest absolute Gasteiger partial charge is 0.399 e. The normalized spacial score (nSPS) is 11.1. The minimum atomic E-state index is 0.149. The average molecular weight is 315 g/mol. The first-order valence-corrected chi connectivity index (χ1v) is 7.09. The predicted molar refractivity (Wildman–Crippen MR) is 79.6 cm³/mol. The van der Waals surface area contributed by atoms with E-state index in [2.05, 4.69) is 24.1 Å². The van der Waals surface area contributed by atoms with Crippen molar-refractivity contribution in [2.24, 2.45) is 5.92 Å². The van der Waals surface area contributed by atoms with E-state index in [1.807, 2.05) is 0 Å². The predicted octanol–water partition coefficient (Wildman–Crippen LogP) is 4.52. The maximum absolute atomic E-state index is 6.03. The third-order valence-electron chi connectivity index (χ3n) is 2.50. The van der Waals surface area contributed by atoms with Crippen LogP contribution in [0, 0.1) is 5.92 Å². The molecule has 0 aliphatic rings. The van der Waals surface area contributed by atoms with Gasteiger partial charge in [-0.3, -0.25) is 0 Å². The quantitative estimate of drug-likeness (QED) is 0.851. The molecule has 0 bridgehead atoms. The van der Waals surface area contributed by atoms with Crippen molar-refractivity contribution < 1.29 is 9.15 Å². The number of hydrogen-bond donors (Lipinski definition) is 1. The Balaban J connectivity index is 1.97. The Kier molecular flexibility index (Phi) is 5.29. The van der Waals surface area contributed by atoms with Crippen LogP contribution in [0.15, 0.2) is 28.9 Å². The summed E-state index contributed by atoms with van der Waals surface area (Å²) >= 11 is 11.9. The fourth-order valence-corrected chi connectivity index (χ4v) is 1.89. The van der Waals surface area contributed by atoms with Crippen LogP contribution in [0.25, 0.3) is 0 Å². The number of halogens is 2. The minimum Gasteiger partial charge on any atom is -0.417 e. The first kappa shape index (κ1) is 15.2. The third-order valence-corrected chi connectivity index (χ3v) is 3.30. The highest BCUT2D eigenvalue weighted by atomic mass is 35.5. The largest absolute Gasteiger partial charge is 0.417 e. The van der Waals surface area contributed by atoms with Crippen LogP contribution in [0.2, 0.25) is 10.0 Å². The van der Waals surface area contributed by atoms with E-state index in [0.717, 1.165) is 12.2 Å². The van der Waals surface area contributed by atoms with E-state index in [-0.39, 0.29) is 6.08 Å². The van der Waals surface area contributed by atoms with Gasteiger partial charge in [0.15, 0.2) is 5.75 Å². The Hall–Kier alpha value is -1.23. The highest BCUT2D eigenvalue weighted by Crippen LogP contribution is 2.34. The van der Waals surface area contributed by atoms with E-state index in [1.165, 1.54) is 0 Å². The summed E-state index contributed by atoms with van der Waals surface area (Å²) in [5.74, 6) is 1.01. The molecule has 4 nitrogen and oxygen atoms in total. The van der Waals surface area contributed by atoms with Crippen LogP contribution < -0.4 is 10.1 Å². The molecule has 0 saturated carbocycles. The summed E-state index contributed by atoms with van der Waals surface area (Å²) in [5.41, 5.74) is 0.777. The molecule has 0 amide bonds. The molecule has 0 atom stereocenters. The summed E-state index contributed by atoms with van der Waals surface area (Å²) in [6.45, 7) is 5.84. The van der Waals surface area contributed by atoms with Gasteiger partial charge in [0.05, 0.1) is 10.7 Å². The minimum absolute atomic E-state index is 0.149. The molecule has 1 aromatic carbocycles. The molecule has 1 heterocycles. The molecule has 20 heavy (non-hydrogen) atoms. The van der Waals surface area contributed by atoms with Gasteiger partial charge in [0, 0.05) is 6.54 Å². The first-order chi connectivity index (χ1) is 9.56. The summed E-state index contributed by atoms with van der Waals surface area (Å²) in [6.07, 6.45) is 1.71. The van der Waals surface area contributed by atoms with Crippen molar-refractivity contribution in [2.75, 3.05) is 6.54 Å². The summed E-state index contributed by atoms with van der Waals surface area (Å²) in [4.78, 5) is 4.22. The number of benzene rings is 1. The Morgan fingerprint density at radius 1 is 1.35 bits per heavy atom. The van der Waals surface area contributed by atoms with Crippen molar-refractivity contribution in [1.29, 1.82) is 0 Å². The summed E-state index contributed by atoms with van der Waals surface area (Å²) in [6, 6.07) is 5.14. The maximum Gasteiger partial charge on any atom is 0.399 e. The Labute approximate surface area is 128 Å². The van der Waals surface area contributed by atoms with Crippen molar-refractivity contribution in [2.45, 2.75) is 20.4 Å². The molecule has 108 valence electrons. The summed E-state index contributed by atoms with van der Waals surface area (Å²) < 4.78 is 10.7. The zero-order valence-corrected chi connectivity index (χ0v) is 12.8. The molecular weight excluding hydrogens is 299 g/mol. The van der Waals surface area contributed by atoms with Crippen LogP contribution in [0.4, 0.5) is 0 Å². The van der Waals surface area contributed by atoms with Crippen molar-refractivity contribution in [3.8, 4) is 11.8 Å². The number of aromatic nitrogens is 1. The molecule has 0 spiro atoms. The number of nitrogens with one attached hydrogen (secondary N) is 1. The molecule has 0 fully saturated rings. The van der Waals surface area contributed by atoms with Crippen LogP contribution in [-0.2, 0) is 6.54 Å². The van der Waals surface area contributed by atoms with Crippen LogP contribution >= 0.6 is 23.2 Å². The van der Waals surface area contributed by atoms with E-state index in [9.17, 15) is 0 Å². The Morgan fingerprint density at radius 3 is 2.90 bits per heavy atom. The van der Waals surface area contributed by atoms with E-state index < -0.39 is 0 Å². The lowest BCUT2D eigenvalue weighted by Gasteiger charge is -2.04. The van der Waals surface area contributed by atoms with E-state index in [0.29, 0.717) is 28.3 Å². The first-order valence-electron chi connectivity index (χ1n) is 6.33. The molecule has 0 unspecified atom stereocenters. The molecule has 2 rings (SSSR count). The van der Waals surface area contributed by atoms with Gasteiger partial charge in [-0.05, 0) is 24.6 Å². The van der Waals surface area contributed by atoms with Crippen LogP contribution in [0.1, 0.15) is 19.5 Å². The standard InChI is InChI=1S/C14H16Cl2N2O2/c1-9(2)6-17-7-10-8-19-14(18-10)20-12-5-3-4-11(15)13(12)16/h3-5,8-9,17H,6-7H2,1-2H3. The van der Waals surface area contributed by atoms with E-state index in [4.69, 9.17) is 32.4 Å². The number of hydrogen-bond acceptors (Lipinski definition) is 4. The van der Waals surface area contributed by atoms with Crippen molar-refractivity contribution in [3.63, 3.8) is 0 Å². The SMILES string of the molecule is CC(C)CNCc1coc(Oc2cccc(Cl)c2Cl)n1. The molecule has 1 N–H and O–H groups in total. The van der Waals surface area contributed by atoms with Gasteiger partial charge in [-0.2, -0.15) is 4.98 Å². The zero-order valence-electron chi connectivity index (χ0n) is 11.3. The van der Waals surface area contributed by atoms with Gasteiger partial charge in [0.1, 0.15) is 11.3 Å². The van der Waals surface area contributed by atoms with Gasteiger partial charge in [-0.1, -0.05) is 43.1 Å². The lowest BCUT2D eigenvalue weighted by molar-refractivity contribution is 0.331. The lowest BCUT2D eigenvalue weighted by Crippen LogP contribution is -2.19. The Bertz CT molecular complexity index is 570. The molecule has 1 aromatic heterocycles. The second kappa shape index (κ2) is 6.97. The van der Waals surface area contributed by atoms with Gasteiger partial charge in [0.2, 0.25) is 0 Å². The Morgan fingerprint density at radius 2 is 2.15 bits per heavy atom. The topological polar surface area (TPSA) is 47.3 Å². The highest BCUT2D eigenvalue weighted by molar-refractivity contribution is 6.42. The van der Waals surface area contributed by atoms with Crippen LogP contribution in [0.3, 0.4) is 0 Å². The van der Waals surface area contributed by atoms with Gasteiger partial charge in [0.25, 0.3) is 0 Å². The maximum atomic E-state index is 6.03. The molecule has 0 aliphatic heterocycles. The van der Waals surface area contributed by atoms with Crippen molar-refractivity contribution in [3.05, 3.63) is 40.2 Å². The molecule has 0 radical (unpaired) electrons. The molecular formula is C14H16Cl2N2O2.